The van der Waals surface area contributed by atoms with Crippen molar-refractivity contribution in [3.8, 4) is 0 Å². The second kappa shape index (κ2) is 4.27. The number of carbonyl (C=O) groups is 1. The Labute approximate surface area is 104 Å². The Hall–Kier alpha value is -0.570. The lowest BCUT2D eigenvalue weighted by molar-refractivity contribution is -0.133. The molecule has 2 N–H and O–H groups in total. The van der Waals surface area contributed by atoms with E-state index in [4.69, 9.17) is 5.73 Å². The summed E-state index contributed by atoms with van der Waals surface area (Å²) in [4.78, 5) is 14.5. The minimum absolute atomic E-state index is 0.388. The highest BCUT2D eigenvalue weighted by Gasteiger charge is 2.67. The zero-order valence-corrected chi connectivity index (χ0v) is 10.8. The van der Waals surface area contributed by atoms with E-state index in [-0.39, 0.29) is 0 Å². The van der Waals surface area contributed by atoms with Gasteiger partial charge in [0.15, 0.2) is 0 Å². The molecule has 0 aromatic heterocycles. The smallest absolute Gasteiger partial charge is 0.226 e. The van der Waals surface area contributed by atoms with Gasteiger partial charge in [0.05, 0.1) is 0 Å². The van der Waals surface area contributed by atoms with E-state index in [0.29, 0.717) is 18.4 Å². The van der Waals surface area contributed by atoms with Gasteiger partial charge in [-0.1, -0.05) is 6.92 Å². The molecular formula is C14H24N2O. The first-order valence-corrected chi connectivity index (χ1v) is 7.26. The van der Waals surface area contributed by atoms with Gasteiger partial charge >= 0.3 is 0 Å². The Morgan fingerprint density at radius 3 is 2.41 bits per heavy atom. The van der Waals surface area contributed by atoms with E-state index in [2.05, 4.69) is 6.92 Å². The number of nitrogens with zero attached hydrogens (tertiary/aromatic N) is 1. The van der Waals surface area contributed by atoms with Crippen LogP contribution < -0.4 is 5.73 Å². The van der Waals surface area contributed by atoms with Gasteiger partial charge in [0.25, 0.3) is 0 Å². The molecule has 0 aromatic carbocycles. The molecule has 4 atom stereocenters. The van der Waals surface area contributed by atoms with Crippen molar-refractivity contribution in [2.75, 3.05) is 19.6 Å². The lowest BCUT2D eigenvalue weighted by atomic mass is 10.0. The van der Waals surface area contributed by atoms with Crippen LogP contribution in [0.1, 0.15) is 32.6 Å². The summed E-state index contributed by atoms with van der Waals surface area (Å²) in [6.45, 7) is 4.37. The molecule has 3 fully saturated rings. The molecule has 1 amide bonds. The molecule has 0 heterocycles. The van der Waals surface area contributed by atoms with Crippen LogP contribution in [-0.4, -0.2) is 30.4 Å². The second-order valence-electron chi connectivity index (χ2n) is 6.13. The lowest BCUT2D eigenvalue weighted by Crippen LogP contribution is -2.38. The lowest BCUT2D eigenvalue weighted by Gasteiger charge is -2.23. The van der Waals surface area contributed by atoms with Gasteiger partial charge in [-0.05, 0) is 49.4 Å². The largest absolute Gasteiger partial charge is 0.341 e. The van der Waals surface area contributed by atoms with E-state index in [0.717, 1.165) is 43.2 Å². The Morgan fingerprint density at radius 2 is 1.88 bits per heavy atom. The van der Waals surface area contributed by atoms with Crippen LogP contribution in [0.5, 0.6) is 0 Å². The number of amides is 1. The minimum atomic E-state index is 0.388. The number of hydrogen-bond acceptors (Lipinski definition) is 2. The first kappa shape index (κ1) is 11.5. The summed E-state index contributed by atoms with van der Waals surface area (Å²) in [7, 11) is 0. The van der Waals surface area contributed by atoms with Gasteiger partial charge in [-0.2, -0.15) is 0 Å². The van der Waals surface area contributed by atoms with Crippen LogP contribution >= 0.6 is 0 Å². The normalized spacial score (nSPS) is 41.4. The van der Waals surface area contributed by atoms with E-state index in [1.807, 2.05) is 4.90 Å². The number of fused-ring (bicyclic) bond motifs is 5. The van der Waals surface area contributed by atoms with E-state index in [1.54, 1.807) is 0 Å². The van der Waals surface area contributed by atoms with Crippen LogP contribution in [-0.2, 0) is 4.79 Å². The molecule has 3 heteroatoms. The third kappa shape index (κ3) is 1.70. The van der Waals surface area contributed by atoms with Gasteiger partial charge in [0, 0.05) is 25.6 Å². The summed E-state index contributed by atoms with van der Waals surface area (Å²) in [6, 6.07) is 0. The molecule has 4 unspecified atom stereocenters. The predicted molar refractivity (Wildman–Crippen MR) is 67.2 cm³/mol. The SMILES string of the molecule is CCCN(CCN)C(=O)C1C2C3CCC(C3)C12. The van der Waals surface area contributed by atoms with E-state index in [9.17, 15) is 4.79 Å². The van der Waals surface area contributed by atoms with Crippen LogP contribution in [0.25, 0.3) is 0 Å². The summed E-state index contributed by atoms with van der Waals surface area (Å²) < 4.78 is 0. The first-order valence-electron chi connectivity index (χ1n) is 7.26. The average molecular weight is 236 g/mol. The molecule has 0 saturated heterocycles. The monoisotopic (exact) mass is 236 g/mol. The van der Waals surface area contributed by atoms with Gasteiger partial charge in [-0.3, -0.25) is 4.79 Å². The minimum Gasteiger partial charge on any atom is -0.341 e. The van der Waals surface area contributed by atoms with E-state index in [1.165, 1.54) is 19.3 Å². The number of rotatable bonds is 5. The second-order valence-corrected chi connectivity index (χ2v) is 6.13. The summed E-state index contributed by atoms with van der Waals surface area (Å²) in [5.41, 5.74) is 5.61. The Bertz CT molecular complexity index is 295. The Balaban J connectivity index is 1.63. The van der Waals surface area contributed by atoms with Crippen LogP contribution in [0.3, 0.4) is 0 Å². The van der Waals surface area contributed by atoms with Gasteiger partial charge in [-0.25, -0.2) is 0 Å². The van der Waals surface area contributed by atoms with Crippen molar-refractivity contribution in [1.82, 2.24) is 4.90 Å². The maximum absolute atomic E-state index is 12.5. The zero-order valence-electron chi connectivity index (χ0n) is 10.8. The fourth-order valence-corrected chi connectivity index (χ4v) is 4.62. The first-order chi connectivity index (χ1) is 8.27. The third-order valence-electron chi connectivity index (χ3n) is 5.22. The molecule has 0 spiro atoms. The molecule has 3 aliphatic carbocycles. The van der Waals surface area contributed by atoms with Gasteiger partial charge < -0.3 is 10.6 Å². The molecule has 3 rings (SSSR count). The molecule has 3 saturated carbocycles. The standard InChI is InChI=1S/C14H24N2O/c1-2-6-16(7-5-15)14(17)13-11-9-3-4-10(8-9)12(11)13/h9-13H,2-8,15H2,1H3. The van der Waals surface area contributed by atoms with Gasteiger partial charge in [0.2, 0.25) is 5.91 Å². The molecular weight excluding hydrogens is 212 g/mol. The number of nitrogens with two attached hydrogens (primary N) is 1. The third-order valence-corrected chi connectivity index (χ3v) is 5.22. The summed E-state index contributed by atoms with van der Waals surface area (Å²) in [5.74, 6) is 4.11. The molecule has 0 aliphatic heterocycles. The Morgan fingerprint density at radius 1 is 1.24 bits per heavy atom. The summed E-state index contributed by atoms with van der Waals surface area (Å²) >= 11 is 0. The molecule has 0 aromatic rings. The molecule has 3 nitrogen and oxygen atoms in total. The molecule has 0 radical (unpaired) electrons. The van der Waals surface area contributed by atoms with Crippen molar-refractivity contribution < 1.29 is 4.79 Å². The highest BCUT2D eigenvalue weighted by molar-refractivity contribution is 5.83. The van der Waals surface area contributed by atoms with Crippen LogP contribution in [0.4, 0.5) is 0 Å². The maximum Gasteiger partial charge on any atom is 0.226 e. The van der Waals surface area contributed by atoms with E-state index >= 15 is 0 Å². The molecule has 17 heavy (non-hydrogen) atoms. The highest BCUT2D eigenvalue weighted by atomic mass is 16.2. The maximum atomic E-state index is 12.5. The zero-order chi connectivity index (χ0) is 12.0. The summed E-state index contributed by atoms with van der Waals surface area (Å²) in [6.07, 6.45) is 5.24. The van der Waals surface area contributed by atoms with Crippen molar-refractivity contribution in [3.05, 3.63) is 0 Å². The Kier molecular flexibility index (Phi) is 2.89. The van der Waals surface area contributed by atoms with Crippen molar-refractivity contribution in [3.63, 3.8) is 0 Å². The van der Waals surface area contributed by atoms with Crippen LogP contribution in [0.2, 0.25) is 0 Å². The molecule has 3 aliphatic rings. The fourth-order valence-electron chi connectivity index (χ4n) is 4.62. The number of carbonyl (C=O) groups excluding carboxylic acids is 1. The van der Waals surface area contributed by atoms with Crippen LogP contribution in [0, 0.1) is 29.6 Å². The fraction of sp³-hybridized carbons (Fsp3) is 0.929. The van der Waals surface area contributed by atoms with Gasteiger partial charge in [-0.15, -0.1) is 0 Å². The summed E-state index contributed by atoms with van der Waals surface area (Å²) in [5, 5.41) is 0. The highest BCUT2D eigenvalue weighted by Crippen LogP contribution is 2.69. The topological polar surface area (TPSA) is 46.3 Å². The van der Waals surface area contributed by atoms with E-state index < -0.39 is 0 Å². The average Bonchev–Trinajstić information content (AvgIpc) is 2.76. The molecule has 96 valence electrons. The van der Waals surface area contributed by atoms with Crippen molar-refractivity contribution >= 4 is 5.91 Å². The quantitative estimate of drug-likeness (QED) is 0.786. The number of hydrogen-bond donors (Lipinski definition) is 1. The predicted octanol–water partition coefficient (Wildman–Crippen LogP) is 1.48. The van der Waals surface area contributed by atoms with Crippen molar-refractivity contribution in [2.45, 2.75) is 32.6 Å². The van der Waals surface area contributed by atoms with Crippen LogP contribution in [0.15, 0.2) is 0 Å². The van der Waals surface area contributed by atoms with Crippen molar-refractivity contribution in [2.24, 2.45) is 35.3 Å². The van der Waals surface area contributed by atoms with Crippen molar-refractivity contribution in [1.29, 1.82) is 0 Å². The van der Waals surface area contributed by atoms with Gasteiger partial charge in [0.1, 0.15) is 0 Å². The molecule has 2 bridgehead atoms.